The number of carbonyl (C=O) groups excluding carboxylic acids is 1. The van der Waals surface area contributed by atoms with E-state index < -0.39 is 24.5 Å². The maximum Gasteiger partial charge on any atom is 0.309 e. The third kappa shape index (κ3) is 6.28. The van der Waals surface area contributed by atoms with Gasteiger partial charge < -0.3 is 44.1 Å². The van der Waals surface area contributed by atoms with Crippen molar-refractivity contribution < 1.29 is 48.9 Å². The molecule has 1 heterocycles. The number of aliphatic hydroxyl groups is 2. The van der Waals surface area contributed by atoms with E-state index in [0.29, 0.717) is 35.5 Å². The molecule has 4 N–H and O–H groups in total. The molecule has 0 amide bonds. The number of aromatic hydroxyl groups is 2. The molecule has 1 aliphatic rings. The molecule has 0 bridgehead atoms. The number of benzene rings is 3. The second-order valence-corrected chi connectivity index (χ2v) is 10.00. The lowest BCUT2D eigenvalue weighted by Gasteiger charge is -2.25. The van der Waals surface area contributed by atoms with Gasteiger partial charge in [0, 0.05) is 17.4 Å². The molecule has 1 saturated heterocycles. The summed E-state index contributed by atoms with van der Waals surface area (Å²) in [6, 6.07) is 13.3. The first kappa shape index (κ1) is 29.8. The molecular formula is C31H36O10. The summed E-state index contributed by atoms with van der Waals surface area (Å²) in [5.74, 6) is -0.658. The van der Waals surface area contributed by atoms with Gasteiger partial charge in [-0.2, -0.15) is 0 Å². The van der Waals surface area contributed by atoms with Crippen LogP contribution in [-0.2, 0) is 22.4 Å². The highest BCUT2D eigenvalue weighted by molar-refractivity contribution is 5.75. The van der Waals surface area contributed by atoms with Gasteiger partial charge in [-0.25, -0.2) is 0 Å². The maximum atomic E-state index is 12.8. The van der Waals surface area contributed by atoms with E-state index in [-0.39, 0.29) is 47.1 Å². The highest BCUT2D eigenvalue weighted by Crippen LogP contribution is 2.43. The molecule has 0 aliphatic carbocycles. The molecule has 0 saturated carbocycles. The molecule has 10 heteroatoms. The van der Waals surface area contributed by atoms with E-state index in [1.807, 2.05) is 18.2 Å². The van der Waals surface area contributed by atoms with Gasteiger partial charge in [-0.05, 0) is 59.9 Å². The number of hydrogen-bond acceptors (Lipinski definition) is 10. The van der Waals surface area contributed by atoms with Gasteiger partial charge in [-0.15, -0.1) is 0 Å². The van der Waals surface area contributed by atoms with Crippen LogP contribution >= 0.6 is 0 Å². The van der Waals surface area contributed by atoms with Gasteiger partial charge in [0.05, 0.1) is 53.7 Å². The molecule has 4 unspecified atom stereocenters. The van der Waals surface area contributed by atoms with Gasteiger partial charge in [-0.3, -0.25) is 4.79 Å². The molecule has 1 aliphatic heterocycles. The van der Waals surface area contributed by atoms with Crippen LogP contribution in [0.15, 0.2) is 48.5 Å². The zero-order chi connectivity index (χ0) is 29.7. The molecule has 220 valence electrons. The summed E-state index contributed by atoms with van der Waals surface area (Å²) in [7, 11) is 5.93. The Morgan fingerprint density at radius 1 is 0.829 bits per heavy atom. The zero-order valence-corrected chi connectivity index (χ0v) is 23.5. The van der Waals surface area contributed by atoms with Crippen LogP contribution in [-0.4, -0.2) is 68.0 Å². The Kier molecular flexibility index (Phi) is 9.46. The number of carbonyl (C=O) groups is 1. The van der Waals surface area contributed by atoms with Crippen molar-refractivity contribution in [1.82, 2.24) is 0 Å². The van der Waals surface area contributed by atoms with Gasteiger partial charge in [0.25, 0.3) is 0 Å². The number of ether oxygens (including phenoxy) is 5. The SMILES string of the molecule is COc1cc(C(O)C(CO)c2cc(CC3C(=O)OCC3Cc3ccc(OC)c(OC)c3)cc(OC)c2O)ccc1O. The average Bonchev–Trinajstić information content (AvgIpc) is 3.32. The van der Waals surface area contributed by atoms with Crippen LogP contribution in [0.1, 0.15) is 34.3 Å². The van der Waals surface area contributed by atoms with Crippen LogP contribution in [0.4, 0.5) is 0 Å². The first-order chi connectivity index (χ1) is 19.7. The molecule has 41 heavy (non-hydrogen) atoms. The van der Waals surface area contributed by atoms with Gasteiger partial charge in [0.1, 0.15) is 0 Å². The fourth-order valence-corrected chi connectivity index (χ4v) is 5.34. The van der Waals surface area contributed by atoms with Crippen LogP contribution in [0.3, 0.4) is 0 Å². The van der Waals surface area contributed by atoms with Gasteiger partial charge in [-0.1, -0.05) is 18.2 Å². The van der Waals surface area contributed by atoms with Crippen molar-refractivity contribution in [3.05, 3.63) is 70.8 Å². The lowest BCUT2D eigenvalue weighted by molar-refractivity contribution is -0.141. The summed E-state index contributed by atoms with van der Waals surface area (Å²) in [5.41, 5.74) is 2.26. The Balaban J connectivity index is 1.63. The summed E-state index contributed by atoms with van der Waals surface area (Å²) in [5, 5.41) is 42.4. The molecular weight excluding hydrogens is 532 g/mol. The molecule has 4 rings (SSSR count). The summed E-state index contributed by atoms with van der Waals surface area (Å²) < 4.78 is 26.7. The summed E-state index contributed by atoms with van der Waals surface area (Å²) in [6.45, 7) is -0.238. The summed E-state index contributed by atoms with van der Waals surface area (Å²) >= 11 is 0. The van der Waals surface area contributed by atoms with Crippen molar-refractivity contribution in [3.8, 4) is 34.5 Å². The van der Waals surface area contributed by atoms with E-state index >= 15 is 0 Å². The molecule has 3 aromatic rings. The zero-order valence-electron chi connectivity index (χ0n) is 23.5. The van der Waals surface area contributed by atoms with E-state index in [2.05, 4.69) is 0 Å². The summed E-state index contributed by atoms with van der Waals surface area (Å²) in [4.78, 5) is 12.8. The largest absolute Gasteiger partial charge is 0.504 e. The first-order valence-corrected chi connectivity index (χ1v) is 13.2. The quantitative estimate of drug-likeness (QED) is 0.240. The van der Waals surface area contributed by atoms with E-state index in [0.717, 1.165) is 5.56 Å². The predicted molar refractivity (Wildman–Crippen MR) is 149 cm³/mol. The number of cyclic esters (lactones) is 1. The van der Waals surface area contributed by atoms with Crippen molar-refractivity contribution in [1.29, 1.82) is 0 Å². The maximum absolute atomic E-state index is 12.8. The highest BCUT2D eigenvalue weighted by Gasteiger charge is 2.37. The monoisotopic (exact) mass is 568 g/mol. The molecule has 0 radical (unpaired) electrons. The van der Waals surface area contributed by atoms with Crippen LogP contribution in [0.5, 0.6) is 34.5 Å². The second kappa shape index (κ2) is 13.0. The standard InChI is InChI=1S/C31H36O10/c1-37-25-8-5-17(12-27(25)39-3)9-20-16-41-31(36)21(20)10-18-11-22(30(35)28(13-18)40-4)23(15-32)29(34)19-6-7-24(33)26(14-19)38-2/h5-8,11-14,20-21,23,29,32-35H,9-10,15-16H2,1-4H3. The minimum absolute atomic E-state index is 0.0957. The highest BCUT2D eigenvalue weighted by atomic mass is 16.5. The van der Waals surface area contributed by atoms with Crippen LogP contribution in [0.25, 0.3) is 0 Å². The second-order valence-electron chi connectivity index (χ2n) is 10.00. The Morgan fingerprint density at radius 3 is 2.17 bits per heavy atom. The van der Waals surface area contributed by atoms with Crippen molar-refractivity contribution >= 4 is 5.97 Å². The van der Waals surface area contributed by atoms with E-state index in [1.54, 1.807) is 26.4 Å². The molecule has 4 atom stereocenters. The minimum Gasteiger partial charge on any atom is -0.504 e. The normalized spacial score (nSPS) is 18.0. The van der Waals surface area contributed by atoms with Gasteiger partial charge >= 0.3 is 5.97 Å². The molecule has 10 nitrogen and oxygen atoms in total. The third-order valence-electron chi connectivity index (χ3n) is 7.62. The summed E-state index contributed by atoms with van der Waals surface area (Å²) in [6.07, 6.45) is -0.393. The smallest absolute Gasteiger partial charge is 0.309 e. The Morgan fingerprint density at radius 2 is 1.51 bits per heavy atom. The van der Waals surface area contributed by atoms with Crippen LogP contribution in [0.2, 0.25) is 0 Å². The lowest BCUT2D eigenvalue weighted by atomic mass is 9.83. The number of phenols is 2. The van der Waals surface area contributed by atoms with Gasteiger partial charge in [0.2, 0.25) is 0 Å². The van der Waals surface area contributed by atoms with Crippen molar-refractivity contribution in [2.75, 3.05) is 41.7 Å². The third-order valence-corrected chi connectivity index (χ3v) is 7.62. The van der Waals surface area contributed by atoms with E-state index in [9.17, 15) is 25.2 Å². The molecule has 0 spiro atoms. The van der Waals surface area contributed by atoms with E-state index in [1.165, 1.54) is 32.4 Å². The van der Waals surface area contributed by atoms with Crippen molar-refractivity contribution in [2.24, 2.45) is 11.8 Å². The number of aliphatic hydroxyl groups excluding tert-OH is 2. The fourth-order valence-electron chi connectivity index (χ4n) is 5.34. The number of rotatable bonds is 12. The number of phenolic OH excluding ortho intramolecular Hbond substituents is 2. The lowest BCUT2D eigenvalue weighted by Crippen LogP contribution is -2.21. The first-order valence-electron chi connectivity index (χ1n) is 13.2. The fraction of sp³-hybridized carbons (Fsp3) is 0.387. The molecule has 0 aromatic heterocycles. The Labute approximate surface area is 238 Å². The van der Waals surface area contributed by atoms with Crippen LogP contribution < -0.4 is 18.9 Å². The Hall–Kier alpha value is -4.15. The molecule has 1 fully saturated rings. The molecule has 3 aromatic carbocycles. The van der Waals surface area contributed by atoms with Crippen molar-refractivity contribution in [2.45, 2.75) is 24.9 Å². The number of esters is 1. The average molecular weight is 569 g/mol. The topological polar surface area (TPSA) is 144 Å². The predicted octanol–water partition coefficient (Wildman–Crippen LogP) is 3.52. The van der Waals surface area contributed by atoms with E-state index in [4.69, 9.17) is 23.7 Å². The minimum atomic E-state index is -1.25. The number of hydrogen-bond donors (Lipinski definition) is 4. The van der Waals surface area contributed by atoms with Crippen molar-refractivity contribution in [3.63, 3.8) is 0 Å². The number of methoxy groups -OCH3 is 4. The Bertz CT molecular complexity index is 1370. The van der Waals surface area contributed by atoms with Gasteiger partial charge in [0.15, 0.2) is 34.5 Å². The van der Waals surface area contributed by atoms with Crippen LogP contribution in [0, 0.1) is 11.8 Å².